The molecule has 6 aliphatic rings. The van der Waals surface area contributed by atoms with Crippen molar-refractivity contribution in [1.29, 1.82) is 0 Å². The summed E-state index contributed by atoms with van der Waals surface area (Å²) in [5.74, 6) is 5.83. The van der Waals surface area contributed by atoms with E-state index < -0.39 is 0 Å². The number of allylic oxidation sites excluding steroid dienone is 2. The van der Waals surface area contributed by atoms with Gasteiger partial charge < -0.3 is 0 Å². The van der Waals surface area contributed by atoms with Gasteiger partial charge in [-0.05, 0) is 104 Å². The number of hydrogen-bond acceptors (Lipinski definition) is 1. The minimum absolute atomic E-state index is 0.563. The maximum absolute atomic E-state index is 3.05. The Morgan fingerprint density at radius 3 is 2.68 bits per heavy atom. The molecule has 0 N–H and O–H groups in total. The fourth-order valence-corrected chi connectivity index (χ4v) is 10.4. The Labute approximate surface area is 173 Å². The maximum Gasteiger partial charge on any atom is 0.0138 e. The molecule has 5 fully saturated rings. The molecule has 0 aromatic rings. The van der Waals surface area contributed by atoms with Gasteiger partial charge in [-0.3, -0.25) is 4.90 Å². The molecule has 10 atom stereocenters. The van der Waals surface area contributed by atoms with Gasteiger partial charge >= 0.3 is 0 Å². The average Bonchev–Trinajstić information content (AvgIpc) is 3.14. The summed E-state index contributed by atoms with van der Waals surface area (Å²) in [4.78, 5) is 3.05. The number of piperidine rings is 1. The Balaban J connectivity index is 1.34. The van der Waals surface area contributed by atoms with Crippen molar-refractivity contribution in [2.24, 2.45) is 46.3 Å². The third-order valence-corrected chi connectivity index (χ3v) is 11.6. The molecule has 3 saturated carbocycles. The molecular weight excluding hydrogens is 338 g/mol. The highest BCUT2D eigenvalue weighted by molar-refractivity contribution is 5.26. The van der Waals surface area contributed by atoms with E-state index >= 15 is 0 Å². The highest BCUT2D eigenvalue weighted by atomic mass is 15.2. The summed E-state index contributed by atoms with van der Waals surface area (Å²) in [6.07, 6.45) is 17.6. The Hall–Kier alpha value is -0.300. The van der Waals surface area contributed by atoms with Gasteiger partial charge in [0.1, 0.15) is 0 Å². The van der Waals surface area contributed by atoms with Gasteiger partial charge in [0.15, 0.2) is 0 Å². The van der Waals surface area contributed by atoms with E-state index in [0.29, 0.717) is 10.8 Å². The molecule has 2 aliphatic heterocycles. The Kier molecular flexibility index (Phi) is 4.03. The van der Waals surface area contributed by atoms with Gasteiger partial charge in [0, 0.05) is 18.6 Å². The van der Waals surface area contributed by atoms with Crippen molar-refractivity contribution in [3.8, 4) is 0 Å². The summed E-state index contributed by atoms with van der Waals surface area (Å²) in [6.45, 7) is 12.0. The maximum atomic E-state index is 3.05. The van der Waals surface area contributed by atoms with Crippen LogP contribution < -0.4 is 0 Å². The van der Waals surface area contributed by atoms with E-state index in [1.807, 2.05) is 5.57 Å². The lowest BCUT2D eigenvalue weighted by molar-refractivity contribution is -0.0501. The van der Waals surface area contributed by atoms with E-state index in [4.69, 9.17) is 0 Å². The van der Waals surface area contributed by atoms with E-state index in [2.05, 4.69) is 38.7 Å². The molecule has 0 bridgehead atoms. The van der Waals surface area contributed by atoms with E-state index in [9.17, 15) is 0 Å². The molecule has 4 aliphatic carbocycles. The standard InChI is InChI=1S/C27H43N/c1-17-8-11-23-18(2)25-24(28(23)16-17)15-22-20-10-9-19-7-5-6-13-26(19,3)21(20)12-14-27(22,25)4/h9,17-18,20-25H,5-8,10-16H2,1-4H3. The fraction of sp³-hybridized carbons (Fsp3) is 0.926. The second-order valence-corrected chi connectivity index (χ2v) is 12.6. The van der Waals surface area contributed by atoms with Gasteiger partial charge in [-0.15, -0.1) is 0 Å². The highest BCUT2D eigenvalue weighted by Gasteiger charge is 2.66. The largest absolute Gasteiger partial charge is 0.297 e. The van der Waals surface area contributed by atoms with Crippen LogP contribution in [0.1, 0.15) is 91.9 Å². The first kappa shape index (κ1) is 18.5. The number of hydrogen-bond donors (Lipinski definition) is 0. The molecule has 0 radical (unpaired) electrons. The second kappa shape index (κ2) is 6.12. The van der Waals surface area contributed by atoms with Crippen LogP contribution in [0.25, 0.3) is 0 Å². The molecule has 6 rings (SSSR count). The quantitative estimate of drug-likeness (QED) is 0.423. The molecule has 2 heterocycles. The van der Waals surface area contributed by atoms with Crippen LogP contribution in [0.2, 0.25) is 0 Å². The highest BCUT2D eigenvalue weighted by Crippen LogP contribution is 2.69. The summed E-state index contributed by atoms with van der Waals surface area (Å²) < 4.78 is 0. The number of nitrogens with zero attached hydrogens (tertiary/aromatic N) is 1. The predicted molar refractivity (Wildman–Crippen MR) is 117 cm³/mol. The van der Waals surface area contributed by atoms with E-state index in [-0.39, 0.29) is 0 Å². The summed E-state index contributed by atoms with van der Waals surface area (Å²) in [5, 5.41) is 0. The average molecular weight is 382 g/mol. The Bertz CT molecular complexity index is 680. The molecule has 28 heavy (non-hydrogen) atoms. The first-order chi connectivity index (χ1) is 13.4. The van der Waals surface area contributed by atoms with Gasteiger partial charge in [-0.25, -0.2) is 0 Å². The third kappa shape index (κ3) is 2.24. The summed E-state index contributed by atoms with van der Waals surface area (Å²) in [5.41, 5.74) is 3.07. The smallest absolute Gasteiger partial charge is 0.0138 e. The summed E-state index contributed by atoms with van der Waals surface area (Å²) in [6, 6.07) is 1.83. The molecule has 1 nitrogen and oxygen atoms in total. The van der Waals surface area contributed by atoms with E-state index in [1.165, 1.54) is 70.8 Å². The van der Waals surface area contributed by atoms with E-state index in [1.54, 1.807) is 0 Å². The topological polar surface area (TPSA) is 3.24 Å². The minimum atomic E-state index is 0.563. The molecule has 0 amide bonds. The number of rotatable bonds is 0. The molecular formula is C27H43N. The molecule has 156 valence electrons. The van der Waals surface area contributed by atoms with Crippen LogP contribution in [0, 0.1) is 46.3 Å². The van der Waals surface area contributed by atoms with Crippen LogP contribution in [0.5, 0.6) is 0 Å². The van der Waals surface area contributed by atoms with Crippen LogP contribution in [0.15, 0.2) is 11.6 Å². The molecule has 1 heteroatoms. The first-order valence-corrected chi connectivity index (χ1v) is 12.9. The van der Waals surface area contributed by atoms with Gasteiger partial charge in [-0.2, -0.15) is 0 Å². The van der Waals surface area contributed by atoms with Crippen LogP contribution in [0.4, 0.5) is 0 Å². The molecule has 0 spiro atoms. The van der Waals surface area contributed by atoms with Crippen molar-refractivity contribution < 1.29 is 0 Å². The second-order valence-electron chi connectivity index (χ2n) is 12.6. The zero-order valence-corrected chi connectivity index (χ0v) is 18.9. The Morgan fingerprint density at radius 2 is 1.82 bits per heavy atom. The van der Waals surface area contributed by atoms with E-state index in [0.717, 1.165) is 47.6 Å². The van der Waals surface area contributed by atoms with Crippen molar-refractivity contribution in [1.82, 2.24) is 4.90 Å². The fourth-order valence-electron chi connectivity index (χ4n) is 10.4. The SMILES string of the molecule is CC1CCC2C(C)C3C(CC4C5CC=C6CCCCC6(C)C5CCC43C)N2C1. The minimum Gasteiger partial charge on any atom is -0.297 e. The van der Waals surface area contributed by atoms with Crippen LogP contribution >= 0.6 is 0 Å². The first-order valence-electron chi connectivity index (χ1n) is 12.9. The number of fused-ring (bicyclic) bond motifs is 9. The summed E-state index contributed by atoms with van der Waals surface area (Å²) >= 11 is 0. The van der Waals surface area contributed by atoms with Gasteiger partial charge in [0.05, 0.1) is 0 Å². The molecule has 10 unspecified atom stereocenters. The molecule has 0 aromatic carbocycles. The van der Waals surface area contributed by atoms with Crippen molar-refractivity contribution in [3.05, 3.63) is 11.6 Å². The van der Waals surface area contributed by atoms with Crippen molar-refractivity contribution in [2.45, 2.75) is 104 Å². The van der Waals surface area contributed by atoms with Gasteiger partial charge in [-0.1, -0.05) is 45.8 Å². The summed E-state index contributed by atoms with van der Waals surface area (Å²) in [7, 11) is 0. The normalized spacial score (nSPS) is 58.2. The van der Waals surface area contributed by atoms with Crippen molar-refractivity contribution in [3.63, 3.8) is 0 Å². The van der Waals surface area contributed by atoms with Crippen LogP contribution in [-0.4, -0.2) is 23.5 Å². The van der Waals surface area contributed by atoms with Crippen LogP contribution in [0.3, 0.4) is 0 Å². The third-order valence-electron chi connectivity index (χ3n) is 11.6. The lowest BCUT2D eigenvalue weighted by Gasteiger charge is -2.58. The van der Waals surface area contributed by atoms with Gasteiger partial charge in [0.2, 0.25) is 0 Å². The monoisotopic (exact) mass is 381 g/mol. The molecule has 0 aromatic heterocycles. The predicted octanol–water partition coefficient (Wildman–Crippen LogP) is 6.68. The zero-order chi connectivity index (χ0) is 19.3. The zero-order valence-electron chi connectivity index (χ0n) is 18.9. The van der Waals surface area contributed by atoms with Crippen LogP contribution in [-0.2, 0) is 0 Å². The lowest BCUT2D eigenvalue weighted by atomic mass is 9.47. The molecule has 2 saturated heterocycles. The van der Waals surface area contributed by atoms with Gasteiger partial charge in [0.25, 0.3) is 0 Å². The van der Waals surface area contributed by atoms with Crippen molar-refractivity contribution in [2.75, 3.05) is 6.54 Å². The Morgan fingerprint density at radius 1 is 0.964 bits per heavy atom. The van der Waals surface area contributed by atoms with Crippen molar-refractivity contribution >= 4 is 0 Å². The lowest BCUT2D eigenvalue weighted by Crippen LogP contribution is -2.50.